The molecule has 2 N–H and O–H groups in total. The molecule has 1 heterocycles. The molecule has 0 radical (unpaired) electrons. The van der Waals surface area contributed by atoms with Gasteiger partial charge in [0.05, 0.1) is 0 Å². The van der Waals surface area contributed by atoms with Crippen LogP contribution in [0.4, 0.5) is 0 Å². The summed E-state index contributed by atoms with van der Waals surface area (Å²) in [4.78, 5) is 11.9. The van der Waals surface area contributed by atoms with E-state index in [-0.39, 0.29) is 24.4 Å². The fourth-order valence-corrected chi connectivity index (χ4v) is 2.70. The standard InChI is InChI=1S/C16H24N2O.ClH/c1-12-5-3-4-6-15(12)9-13(2)18-16(19)10-14-7-8-17-11-14;/h3-6,13-14,17H,7-11H2,1-2H3,(H,18,19);1H. The third-order valence-electron chi connectivity index (χ3n) is 3.83. The van der Waals surface area contributed by atoms with Crippen LogP contribution in [0.1, 0.15) is 30.9 Å². The number of carbonyl (C=O) groups excluding carboxylic acids is 1. The van der Waals surface area contributed by atoms with Crippen molar-refractivity contribution in [2.45, 2.75) is 39.2 Å². The molecule has 1 fully saturated rings. The summed E-state index contributed by atoms with van der Waals surface area (Å²) in [5, 5.41) is 6.41. The van der Waals surface area contributed by atoms with E-state index in [1.807, 2.05) is 0 Å². The van der Waals surface area contributed by atoms with Crippen molar-refractivity contribution in [2.24, 2.45) is 5.92 Å². The maximum Gasteiger partial charge on any atom is 0.220 e. The maximum atomic E-state index is 11.9. The zero-order valence-corrected chi connectivity index (χ0v) is 13.1. The summed E-state index contributed by atoms with van der Waals surface area (Å²) in [7, 11) is 0. The monoisotopic (exact) mass is 296 g/mol. The van der Waals surface area contributed by atoms with Crippen LogP contribution >= 0.6 is 12.4 Å². The molecule has 1 aliphatic rings. The quantitative estimate of drug-likeness (QED) is 0.876. The molecule has 1 aromatic rings. The molecule has 0 aromatic heterocycles. The molecule has 1 aromatic carbocycles. The number of hydrogen-bond donors (Lipinski definition) is 2. The number of rotatable bonds is 5. The maximum absolute atomic E-state index is 11.9. The van der Waals surface area contributed by atoms with Gasteiger partial charge >= 0.3 is 0 Å². The van der Waals surface area contributed by atoms with Crippen LogP contribution in [-0.4, -0.2) is 25.0 Å². The molecule has 1 aliphatic heterocycles. The van der Waals surface area contributed by atoms with Gasteiger partial charge in [0.15, 0.2) is 0 Å². The van der Waals surface area contributed by atoms with Crippen molar-refractivity contribution in [3.05, 3.63) is 35.4 Å². The topological polar surface area (TPSA) is 41.1 Å². The number of halogens is 1. The molecule has 2 atom stereocenters. The van der Waals surface area contributed by atoms with Gasteiger partial charge in [-0.1, -0.05) is 24.3 Å². The third kappa shape index (κ3) is 5.14. The van der Waals surface area contributed by atoms with Crippen molar-refractivity contribution in [2.75, 3.05) is 13.1 Å². The summed E-state index contributed by atoms with van der Waals surface area (Å²) in [6, 6.07) is 8.56. The van der Waals surface area contributed by atoms with E-state index in [1.54, 1.807) is 0 Å². The summed E-state index contributed by atoms with van der Waals surface area (Å²) < 4.78 is 0. The largest absolute Gasteiger partial charge is 0.353 e. The highest BCUT2D eigenvalue weighted by Gasteiger charge is 2.19. The lowest BCUT2D eigenvalue weighted by molar-refractivity contribution is -0.122. The number of hydrogen-bond acceptors (Lipinski definition) is 2. The first-order valence-corrected chi connectivity index (χ1v) is 7.19. The van der Waals surface area contributed by atoms with Crippen LogP contribution in [0.15, 0.2) is 24.3 Å². The molecular weight excluding hydrogens is 272 g/mol. The molecule has 112 valence electrons. The van der Waals surface area contributed by atoms with Gasteiger partial charge in [0.1, 0.15) is 0 Å². The van der Waals surface area contributed by atoms with Crippen LogP contribution in [0, 0.1) is 12.8 Å². The zero-order chi connectivity index (χ0) is 13.7. The van der Waals surface area contributed by atoms with Crippen LogP contribution in [0.3, 0.4) is 0 Å². The van der Waals surface area contributed by atoms with Crippen molar-refractivity contribution in [1.82, 2.24) is 10.6 Å². The molecule has 2 rings (SSSR count). The fraction of sp³-hybridized carbons (Fsp3) is 0.562. The first-order valence-electron chi connectivity index (χ1n) is 7.19. The molecular formula is C16H25ClN2O. The third-order valence-corrected chi connectivity index (χ3v) is 3.83. The normalized spacial score (nSPS) is 19.2. The van der Waals surface area contributed by atoms with Crippen LogP contribution in [0.25, 0.3) is 0 Å². The summed E-state index contributed by atoms with van der Waals surface area (Å²) in [6.07, 6.45) is 2.69. The Morgan fingerprint density at radius 2 is 2.20 bits per heavy atom. The van der Waals surface area contributed by atoms with E-state index in [0.717, 1.165) is 25.9 Å². The van der Waals surface area contributed by atoms with Crippen molar-refractivity contribution >= 4 is 18.3 Å². The first kappa shape index (κ1) is 17.0. The number of carbonyl (C=O) groups is 1. The van der Waals surface area contributed by atoms with Gasteiger partial charge < -0.3 is 10.6 Å². The van der Waals surface area contributed by atoms with Gasteiger partial charge in [-0.2, -0.15) is 0 Å². The van der Waals surface area contributed by atoms with Gasteiger partial charge in [-0.05, 0) is 56.8 Å². The van der Waals surface area contributed by atoms with Crippen LogP contribution in [0.2, 0.25) is 0 Å². The molecule has 1 amide bonds. The molecule has 1 saturated heterocycles. The average molecular weight is 297 g/mol. The second kappa shape index (κ2) is 8.28. The number of benzene rings is 1. The predicted molar refractivity (Wildman–Crippen MR) is 85.3 cm³/mol. The molecule has 0 saturated carbocycles. The number of amides is 1. The number of aryl methyl sites for hydroxylation is 1. The highest BCUT2D eigenvalue weighted by molar-refractivity contribution is 5.85. The molecule has 3 nitrogen and oxygen atoms in total. The molecule has 2 unspecified atom stereocenters. The van der Waals surface area contributed by atoms with Gasteiger partial charge in [-0.3, -0.25) is 4.79 Å². The second-order valence-corrected chi connectivity index (χ2v) is 5.66. The van der Waals surface area contributed by atoms with E-state index >= 15 is 0 Å². The fourth-order valence-electron chi connectivity index (χ4n) is 2.70. The molecule has 0 aliphatic carbocycles. The van der Waals surface area contributed by atoms with Gasteiger partial charge in [0.25, 0.3) is 0 Å². The molecule has 20 heavy (non-hydrogen) atoms. The summed E-state index contributed by atoms with van der Waals surface area (Å²) in [5.41, 5.74) is 2.61. The Bertz CT molecular complexity index is 430. The molecule has 0 spiro atoms. The van der Waals surface area contributed by atoms with Crippen LogP contribution in [-0.2, 0) is 11.2 Å². The minimum atomic E-state index is 0. The van der Waals surface area contributed by atoms with Crippen LogP contribution < -0.4 is 10.6 Å². The Hall–Kier alpha value is -1.06. The van der Waals surface area contributed by atoms with Crippen molar-refractivity contribution in [3.63, 3.8) is 0 Å². The highest BCUT2D eigenvalue weighted by atomic mass is 35.5. The van der Waals surface area contributed by atoms with Crippen LogP contribution in [0.5, 0.6) is 0 Å². The smallest absolute Gasteiger partial charge is 0.220 e. The summed E-state index contributed by atoms with van der Waals surface area (Å²) in [5.74, 6) is 0.709. The Morgan fingerprint density at radius 3 is 2.85 bits per heavy atom. The van der Waals surface area contributed by atoms with Gasteiger partial charge in [0, 0.05) is 12.5 Å². The predicted octanol–water partition coefficient (Wildman–Crippen LogP) is 2.46. The van der Waals surface area contributed by atoms with Gasteiger partial charge in [0.2, 0.25) is 5.91 Å². The van der Waals surface area contributed by atoms with Gasteiger partial charge in [-0.15, -0.1) is 12.4 Å². The Labute approximate surface area is 127 Å². The van der Waals surface area contributed by atoms with Crippen molar-refractivity contribution in [3.8, 4) is 0 Å². The van der Waals surface area contributed by atoms with E-state index in [9.17, 15) is 4.79 Å². The Morgan fingerprint density at radius 1 is 1.45 bits per heavy atom. The molecule has 4 heteroatoms. The van der Waals surface area contributed by atoms with E-state index in [0.29, 0.717) is 12.3 Å². The first-order chi connectivity index (χ1) is 9.15. The van der Waals surface area contributed by atoms with E-state index < -0.39 is 0 Å². The second-order valence-electron chi connectivity index (χ2n) is 5.66. The van der Waals surface area contributed by atoms with Crippen molar-refractivity contribution in [1.29, 1.82) is 0 Å². The van der Waals surface area contributed by atoms with E-state index in [2.05, 4.69) is 48.7 Å². The Balaban J connectivity index is 0.00000200. The van der Waals surface area contributed by atoms with E-state index in [4.69, 9.17) is 0 Å². The van der Waals surface area contributed by atoms with E-state index in [1.165, 1.54) is 11.1 Å². The van der Waals surface area contributed by atoms with Crippen molar-refractivity contribution < 1.29 is 4.79 Å². The number of nitrogens with one attached hydrogen (secondary N) is 2. The lowest BCUT2D eigenvalue weighted by atomic mass is 10.0. The lowest BCUT2D eigenvalue weighted by Gasteiger charge is -2.16. The zero-order valence-electron chi connectivity index (χ0n) is 12.3. The average Bonchev–Trinajstić information content (AvgIpc) is 2.84. The summed E-state index contributed by atoms with van der Waals surface area (Å²) >= 11 is 0. The highest BCUT2D eigenvalue weighted by Crippen LogP contribution is 2.13. The van der Waals surface area contributed by atoms with Gasteiger partial charge in [-0.25, -0.2) is 0 Å². The SMILES string of the molecule is Cc1ccccc1CC(C)NC(=O)CC1CCNC1.Cl. The molecule has 0 bridgehead atoms. The minimum Gasteiger partial charge on any atom is -0.353 e. The summed E-state index contributed by atoms with van der Waals surface area (Å²) in [6.45, 7) is 6.24. The minimum absolute atomic E-state index is 0. The lowest BCUT2D eigenvalue weighted by Crippen LogP contribution is -2.35. The Kier molecular flexibility index (Phi) is 7.03.